The Hall–Kier alpha value is -4.85. The summed E-state index contributed by atoms with van der Waals surface area (Å²) in [6.45, 7) is 4.88. The topological polar surface area (TPSA) is 73.2 Å². The molecule has 50 heavy (non-hydrogen) atoms. The second-order valence-corrected chi connectivity index (χ2v) is 13.3. The third kappa shape index (κ3) is 8.29. The van der Waals surface area contributed by atoms with Crippen LogP contribution in [0.2, 0.25) is 5.02 Å². The van der Waals surface area contributed by atoms with Crippen molar-refractivity contribution in [1.82, 2.24) is 14.9 Å². The number of nitrogens with zero attached hydrogens (tertiary/aromatic N) is 2. The van der Waals surface area contributed by atoms with E-state index in [2.05, 4.69) is 53.7 Å². The SMILES string of the molecule is CCCc1nc2c(C)cc(C(=O)N[C@@H](CS)Cc3ccccc3)cc2n1Cc1ccc(-c2ccccc2C(=O)OCc2cccc(Cl)c2)cc1. The summed E-state index contributed by atoms with van der Waals surface area (Å²) in [5, 5.41) is 3.79. The van der Waals surface area contributed by atoms with Crippen LogP contribution >= 0.6 is 24.2 Å². The van der Waals surface area contributed by atoms with Crippen LogP contribution in [0.4, 0.5) is 0 Å². The van der Waals surface area contributed by atoms with E-state index in [0.29, 0.717) is 34.9 Å². The van der Waals surface area contributed by atoms with E-state index >= 15 is 0 Å². The molecular weight excluding hydrogens is 662 g/mol. The smallest absolute Gasteiger partial charge is 0.339 e. The molecule has 1 aromatic heterocycles. The number of hydrogen-bond donors (Lipinski definition) is 2. The molecule has 6 rings (SSSR count). The molecule has 0 unspecified atom stereocenters. The van der Waals surface area contributed by atoms with Gasteiger partial charge in [-0.05, 0) is 83.5 Å². The van der Waals surface area contributed by atoms with E-state index in [9.17, 15) is 9.59 Å². The van der Waals surface area contributed by atoms with Crippen molar-refractivity contribution in [2.75, 3.05) is 5.75 Å². The maximum Gasteiger partial charge on any atom is 0.339 e. The Morgan fingerprint density at radius 1 is 0.880 bits per heavy atom. The van der Waals surface area contributed by atoms with Gasteiger partial charge >= 0.3 is 5.97 Å². The van der Waals surface area contributed by atoms with Crippen molar-refractivity contribution in [3.8, 4) is 11.1 Å². The molecule has 0 aliphatic carbocycles. The molecule has 1 heterocycles. The molecule has 254 valence electrons. The molecule has 0 saturated carbocycles. The Kier molecular flexibility index (Phi) is 11.4. The van der Waals surface area contributed by atoms with Crippen LogP contribution in [0.25, 0.3) is 22.2 Å². The first kappa shape index (κ1) is 35.0. The Labute approximate surface area is 303 Å². The summed E-state index contributed by atoms with van der Waals surface area (Å²) >= 11 is 10.6. The van der Waals surface area contributed by atoms with Gasteiger partial charge in [-0.1, -0.05) is 103 Å². The van der Waals surface area contributed by atoms with Gasteiger partial charge in [0, 0.05) is 35.3 Å². The van der Waals surface area contributed by atoms with Gasteiger partial charge in [-0.2, -0.15) is 12.6 Å². The molecular formula is C42H40ClN3O3S. The average molecular weight is 702 g/mol. The monoisotopic (exact) mass is 701 g/mol. The van der Waals surface area contributed by atoms with Crippen LogP contribution in [0.15, 0.2) is 115 Å². The molecule has 0 spiro atoms. The second-order valence-electron chi connectivity index (χ2n) is 12.5. The van der Waals surface area contributed by atoms with Gasteiger partial charge in [0.05, 0.1) is 16.6 Å². The summed E-state index contributed by atoms with van der Waals surface area (Å²) in [5.74, 6) is 1.00. The highest BCUT2D eigenvalue weighted by Gasteiger charge is 2.19. The second kappa shape index (κ2) is 16.2. The molecule has 0 saturated heterocycles. The van der Waals surface area contributed by atoms with Crippen molar-refractivity contribution in [2.24, 2.45) is 0 Å². The summed E-state index contributed by atoms with van der Waals surface area (Å²) < 4.78 is 7.87. The zero-order valence-electron chi connectivity index (χ0n) is 28.2. The van der Waals surface area contributed by atoms with E-state index < -0.39 is 5.97 Å². The molecule has 8 heteroatoms. The van der Waals surface area contributed by atoms with Crippen LogP contribution in [0.5, 0.6) is 0 Å². The van der Waals surface area contributed by atoms with E-state index in [-0.39, 0.29) is 18.6 Å². The van der Waals surface area contributed by atoms with Crippen molar-refractivity contribution >= 4 is 47.1 Å². The van der Waals surface area contributed by atoms with Crippen LogP contribution in [-0.2, 0) is 30.7 Å². The first-order valence-electron chi connectivity index (χ1n) is 16.9. The number of rotatable bonds is 13. The molecule has 0 aliphatic rings. The Morgan fingerprint density at radius 2 is 1.62 bits per heavy atom. The van der Waals surface area contributed by atoms with E-state index in [0.717, 1.165) is 63.1 Å². The Balaban J connectivity index is 1.23. The average Bonchev–Trinajstić information content (AvgIpc) is 3.48. The standard InChI is InChI=1S/C42H40ClN3O3S/c1-3-10-39-45-40-28(2)21-33(41(47)44-35(27-50)23-29-11-5-4-6-12-29)24-38(40)46(39)25-30-17-19-32(20-18-30)36-15-7-8-16-37(36)42(48)49-26-31-13-9-14-34(43)22-31/h4-9,11-22,24,35,50H,3,10,23,25-27H2,1-2H3,(H,44,47)/t35-/m1/s1. The van der Waals surface area contributed by atoms with E-state index in [1.807, 2.05) is 79.7 Å². The molecule has 0 fully saturated rings. The van der Waals surface area contributed by atoms with Crippen LogP contribution < -0.4 is 5.32 Å². The lowest BCUT2D eigenvalue weighted by atomic mass is 9.98. The number of imidazole rings is 1. The number of benzene rings is 5. The van der Waals surface area contributed by atoms with E-state index in [1.165, 1.54) is 0 Å². The fraction of sp³-hybridized carbons (Fsp3) is 0.214. The van der Waals surface area contributed by atoms with Crippen LogP contribution in [-0.4, -0.2) is 33.2 Å². The Morgan fingerprint density at radius 3 is 2.36 bits per heavy atom. The van der Waals surface area contributed by atoms with Crippen molar-refractivity contribution in [3.63, 3.8) is 0 Å². The molecule has 1 N–H and O–H groups in total. The number of hydrogen-bond acceptors (Lipinski definition) is 5. The van der Waals surface area contributed by atoms with Gasteiger partial charge in [-0.15, -0.1) is 0 Å². The summed E-state index contributed by atoms with van der Waals surface area (Å²) in [7, 11) is 0. The van der Waals surface area contributed by atoms with Gasteiger partial charge < -0.3 is 14.6 Å². The zero-order chi connectivity index (χ0) is 35.0. The van der Waals surface area contributed by atoms with Crippen molar-refractivity contribution in [2.45, 2.75) is 52.3 Å². The number of nitrogens with one attached hydrogen (secondary N) is 1. The zero-order valence-corrected chi connectivity index (χ0v) is 29.9. The maximum absolute atomic E-state index is 13.6. The van der Waals surface area contributed by atoms with Crippen molar-refractivity contribution < 1.29 is 14.3 Å². The minimum atomic E-state index is -0.394. The lowest BCUT2D eigenvalue weighted by Crippen LogP contribution is -2.37. The van der Waals surface area contributed by atoms with Crippen molar-refractivity contribution in [1.29, 1.82) is 0 Å². The normalized spacial score (nSPS) is 11.8. The van der Waals surface area contributed by atoms with Gasteiger partial charge in [-0.3, -0.25) is 4.79 Å². The fourth-order valence-corrected chi connectivity index (χ4v) is 6.66. The maximum atomic E-state index is 13.6. The first-order chi connectivity index (χ1) is 24.3. The van der Waals surface area contributed by atoms with Crippen LogP contribution in [0.3, 0.4) is 0 Å². The molecule has 6 nitrogen and oxygen atoms in total. The fourth-order valence-electron chi connectivity index (χ4n) is 6.23. The molecule has 0 aliphatic heterocycles. The third-order valence-corrected chi connectivity index (χ3v) is 9.43. The van der Waals surface area contributed by atoms with Crippen LogP contribution in [0, 0.1) is 6.92 Å². The number of fused-ring (bicyclic) bond motifs is 1. The van der Waals surface area contributed by atoms with Gasteiger partial charge in [0.25, 0.3) is 5.91 Å². The highest BCUT2D eigenvalue weighted by molar-refractivity contribution is 7.80. The molecule has 1 amide bonds. The number of halogens is 1. The number of amides is 1. The third-order valence-electron chi connectivity index (χ3n) is 8.75. The molecule has 6 aromatic rings. The first-order valence-corrected chi connectivity index (χ1v) is 17.9. The number of aryl methyl sites for hydroxylation is 2. The summed E-state index contributed by atoms with van der Waals surface area (Å²) in [5.41, 5.74) is 8.68. The van der Waals surface area contributed by atoms with Gasteiger partial charge in [0.1, 0.15) is 12.4 Å². The van der Waals surface area contributed by atoms with Gasteiger partial charge in [0.15, 0.2) is 0 Å². The summed E-state index contributed by atoms with van der Waals surface area (Å²) in [4.78, 5) is 31.8. The molecule has 0 radical (unpaired) electrons. The minimum Gasteiger partial charge on any atom is -0.457 e. The predicted octanol–water partition coefficient (Wildman–Crippen LogP) is 9.29. The number of aromatic nitrogens is 2. The minimum absolute atomic E-state index is 0.0988. The summed E-state index contributed by atoms with van der Waals surface area (Å²) in [6, 6.07) is 36.9. The van der Waals surface area contributed by atoms with Gasteiger partial charge in [-0.25, -0.2) is 9.78 Å². The van der Waals surface area contributed by atoms with E-state index in [1.54, 1.807) is 18.2 Å². The molecule has 1 atom stereocenters. The predicted molar refractivity (Wildman–Crippen MR) is 205 cm³/mol. The highest BCUT2D eigenvalue weighted by atomic mass is 35.5. The van der Waals surface area contributed by atoms with E-state index in [4.69, 9.17) is 21.3 Å². The number of esters is 1. The van der Waals surface area contributed by atoms with Crippen molar-refractivity contribution in [3.05, 3.63) is 159 Å². The number of carbonyl (C=O) groups excluding carboxylic acids is 2. The quantitative estimate of drug-likeness (QED) is 0.0930. The molecule has 5 aromatic carbocycles. The largest absolute Gasteiger partial charge is 0.457 e. The number of thiol groups is 1. The highest BCUT2D eigenvalue weighted by Crippen LogP contribution is 2.28. The summed E-state index contributed by atoms with van der Waals surface area (Å²) in [6.07, 6.45) is 2.47. The van der Waals surface area contributed by atoms with Gasteiger partial charge in [0.2, 0.25) is 0 Å². The Bertz CT molecular complexity index is 2110. The lowest BCUT2D eigenvalue weighted by molar-refractivity contribution is 0.0473. The number of ether oxygens (including phenoxy) is 1. The molecule has 0 bridgehead atoms. The lowest BCUT2D eigenvalue weighted by Gasteiger charge is -2.17. The number of carbonyl (C=O) groups is 2. The van der Waals surface area contributed by atoms with Crippen LogP contribution in [0.1, 0.15) is 62.1 Å².